The molecule has 4 aromatic rings. The fourth-order valence-electron chi connectivity index (χ4n) is 4.18. The van der Waals surface area contributed by atoms with Crippen LogP contribution in [0.4, 0.5) is 0 Å². The molecule has 0 amide bonds. The fourth-order valence-corrected chi connectivity index (χ4v) is 4.18. The van der Waals surface area contributed by atoms with Gasteiger partial charge in [-0.1, -0.05) is 96.6 Å². The maximum atomic E-state index is 4.12. The van der Waals surface area contributed by atoms with Gasteiger partial charge in [0.2, 0.25) is 0 Å². The number of hydrogen-bond donors (Lipinski definition) is 0. The lowest BCUT2D eigenvalue weighted by atomic mass is 9.88. The largest absolute Gasteiger partial charge is 0.0955 e. The predicted octanol–water partition coefficient (Wildman–Crippen LogP) is 9.11. The molecule has 31 heavy (non-hydrogen) atoms. The second kappa shape index (κ2) is 9.18. The highest BCUT2D eigenvalue weighted by Crippen LogP contribution is 2.36. The lowest BCUT2D eigenvalue weighted by molar-refractivity contribution is 0.946. The van der Waals surface area contributed by atoms with Crippen molar-refractivity contribution in [1.82, 2.24) is 0 Å². The van der Waals surface area contributed by atoms with Gasteiger partial charge in [0.15, 0.2) is 0 Å². The van der Waals surface area contributed by atoms with Gasteiger partial charge >= 0.3 is 0 Å². The number of fused-ring (bicyclic) bond motifs is 1. The molecule has 0 saturated carbocycles. The Morgan fingerprint density at radius 2 is 1.52 bits per heavy atom. The molecule has 0 heteroatoms. The van der Waals surface area contributed by atoms with Crippen LogP contribution >= 0.6 is 0 Å². The van der Waals surface area contributed by atoms with Gasteiger partial charge in [-0.2, -0.15) is 0 Å². The molecule has 0 aliphatic carbocycles. The van der Waals surface area contributed by atoms with Crippen molar-refractivity contribution in [3.8, 4) is 22.3 Å². The van der Waals surface area contributed by atoms with Gasteiger partial charge in [-0.05, 0) is 89.9 Å². The Bertz CT molecular complexity index is 1260. The Hall–Kier alpha value is -3.38. The average molecular weight is 403 g/mol. The minimum absolute atomic E-state index is 1.03. The van der Waals surface area contributed by atoms with Gasteiger partial charge in [0.05, 0.1) is 0 Å². The first-order valence-corrected chi connectivity index (χ1v) is 11.1. The molecule has 0 bridgehead atoms. The van der Waals surface area contributed by atoms with Crippen molar-refractivity contribution >= 4 is 16.3 Å². The zero-order valence-electron chi connectivity index (χ0n) is 18.8. The molecule has 4 rings (SSSR count). The molecule has 0 atom stereocenters. The van der Waals surface area contributed by atoms with Crippen LogP contribution in [-0.4, -0.2) is 0 Å². The van der Waals surface area contributed by atoms with Gasteiger partial charge in [0, 0.05) is 0 Å². The summed E-state index contributed by atoms with van der Waals surface area (Å²) in [6.07, 6.45) is 4.33. The predicted molar refractivity (Wildman–Crippen MR) is 137 cm³/mol. The van der Waals surface area contributed by atoms with E-state index in [1.165, 1.54) is 49.7 Å². The molecule has 154 valence electrons. The van der Waals surface area contributed by atoms with Crippen molar-refractivity contribution in [1.29, 1.82) is 0 Å². The van der Waals surface area contributed by atoms with Crippen molar-refractivity contribution in [3.63, 3.8) is 0 Å². The van der Waals surface area contributed by atoms with E-state index in [1.54, 1.807) is 0 Å². The summed E-state index contributed by atoms with van der Waals surface area (Å²) < 4.78 is 0. The first-order chi connectivity index (χ1) is 15.1. The van der Waals surface area contributed by atoms with Crippen molar-refractivity contribution in [3.05, 3.63) is 114 Å². The molecule has 0 radical (unpaired) electrons. The molecule has 4 aromatic carbocycles. The summed E-state index contributed by atoms with van der Waals surface area (Å²) in [7, 11) is 0. The lowest BCUT2D eigenvalue weighted by Gasteiger charge is -2.16. The Kier molecular flexibility index (Phi) is 6.18. The van der Waals surface area contributed by atoms with E-state index in [0.29, 0.717) is 0 Å². The summed E-state index contributed by atoms with van der Waals surface area (Å²) in [6.45, 7) is 10.5. The smallest absolute Gasteiger partial charge is 0.00728 e. The monoisotopic (exact) mass is 402 g/mol. The normalized spacial score (nSPS) is 11.6. The highest BCUT2D eigenvalue weighted by atomic mass is 14.2. The second-order valence-corrected chi connectivity index (χ2v) is 8.40. The first kappa shape index (κ1) is 20.9. The topological polar surface area (TPSA) is 0 Å². The third-order valence-electron chi connectivity index (χ3n) is 6.11. The Morgan fingerprint density at radius 3 is 2.26 bits per heavy atom. The second-order valence-electron chi connectivity index (χ2n) is 8.40. The van der Waals surface area contributed by atoms with Gasteiger partial charge in [0.25, 0.3) is 0 Å². The van der Waals surface area contributed by atoms with E-state index in [0.717, 1.165) is 18.4 Å². The SMILES string of the molecule is C=C(C)c1cccc(-c2cc(CC/C(C)=C/C)c3c(-c4ccccc4)cccc3c2)c1. The van der Waals surface area contributed by atoms with Gasteiger partial charge in [-0.25, -0.2) is 0 Å². The molecule has 0 heterocycles. The molecule has 0 spiro atoms. The Labute approximate surface area is 186 Å². The number of rotatable bonds is 6. The summed E-state index contributed by atoms with van der Waals surface area (Å²) >= 11 is 0. The molecule has 0 nitrogen and oxygen atoms in total. The van der Waals surface area contributed by atoms with Crippen LogP contribution in [0, 0.1) is 0 Å². The van der Waals surface area contributed by atoms with E-state index in [9.17, 15) is 0 Å². The molecule has 0 unspecified atom stereocenters. The zero-order chi connectivity index (χ0) is 21.8. The Balaban J connectivity index is 1.93. The maximum absolute atomic E-state index is 4.12. The van der Waals surface area contributed by atoms with E-state index in [4.69, 9.17) is 0 Å². The number of allylic oxidation sites excluding steroid dienone is 3. The van der Waals surface area contributed by atoms with Crippen LogP contribution in [0.3, 0.4) is 0 Å². The van der Waals surface area contributed by atoms with Gasteiger partial charge in [-0.3, -0.25) is 0 Å². The van der Waals surface area contributed by atoms with Gasteiger partial charge < -0.3 is 0 Å². The molecule has 0 aliphatic rings. The van der Waals surface area contributed by atoms with Crippen molar-refractivity contribution in [2.45, 2.75) is 33.6 Å². The third-order valence-corrected chi connectivity index (χ3v) is 6.11. The van der Waals surface area contributed by atoms with Crippen molar-refractivity contribution in [2.24, 2.45) is 0 Å². The van der Waals surface area contributed by atoms with E-state index in [-0.39, 0.29) is 0 Å². The summed E-state index contributed by atoms with van der Waals surface area (Å²) in [5, 5.41) is 2.67. The van der Waals surface area contributed by atoms with Crippen molar-refractivity contribution in [2.75, 3.05) is 0 Å². The molecule has 0 N–H and O–H groups in total. The standard InChI is InChI=1S/C31H30/c1-5-23(4)17-18-28-21-29(26-14-9-13-25(19-26)22(2)3)20-27-15-10-16-30(31(27)28)24-11-7-6-8-12-24/h5-16,19-21H,2,17-18H2,1,3-4H3/b23-5+. The molecule has 0 aromatic heterocycles. The average Bonchev–Trinajstić information content (AvgIpc) is 2.82. The lowest BCUT2D eigenvalue weighted by Crippen LogP contribution is -1.94. The molecule has 0 fully saturated rings. The quantitative estimate of drug-likeness (QED) is 0.282. The van der Waals surface area contributed by atoms with Gasteiger partial charge in [0.1, 0.15) is 0 Å². The first-order valence-electron chi connectivity index (χ1n) is 11.1. The van der Waals surface area contributed by atoms with Crippen LogP contribution in [-0.2, 0) is 6.42 Å². The van der Waals surface area contributed by atoms with Crippen LogP contribution < -0.4 is 0 Å². The van der Waals surface area contributed by atoms with Crippen LogP contribution in [0.1, 0.15) is 38.3 Å². The van der Waals surface area contributed by atoms with Crippen LogP contribution in [0.5, 0.6) is 0 Å². The van der Waals surface area contributed by atoms with E-state index in [2.05, 4.69) is 118 Å². The van der Waals surface area contributed by atoms with Crippen LogP contribution in [0.15, 0.2) is 103 Å². The minimum Gasteiger partial charge on any atom is -0.0955 e. The summed E-state index contributed by atoms with van der Waals surface area (Å²) in [4.78, 5) is 0. The highest BCUT2D eigenvalue weighted by molar-refractivity contribution is 6.01. The summed E-state index contributed by atoms with van der Waals surface area (Å²) in [5.41, 5.74) is 10.2. The third kappa shape index (κ3) is 4.54. The fraction of sp³-hybridized carbons (Fsp3) is 0.161. The zero-order valence-corrected chi connectivity index (χ0v) is 18.8. The highest BCUT2D eigenvalue weighted by Gasteiger charge is 2.12. The molecular weight excluding hydrogens is 372 g/mol. The minimum atomic E-state index is 1.03. The van der Waals surface area contributed by atoms with Crippen LogP contribution in [0.25, 0.3) is 38.6 Å². The van der Waals surface area contributed by atoms with Crippen molar-refractivity contribution < 1.29 is 0 Å². The number of aryl methyl sites for hydroxylation is 1. The van der Waals surface area contributed by atoms with E-state index < -0.39 is 0 Å². The van der Waals surface area contributed by atoms with E-state index in [1.807, 2.05) is 0 Å². The van der Waals surface area contributed by atoms with Crippen LogP contribution in [0.2, 0.25) is 0 Å². The Morgan fingerprint density at radius 1 is 0.774 bits per heavy atom. The molecule has 0 saturated heterocycles. The summed E-state index contributed by atoms with van der Waals surface area (Å²) in [5.74, 6) is 0. The molecular formula is C31H30. The van der Waals surface area contributed by atoms with Gasteiger partial charge in [-0.15, -0.1) is 0 Å². The number of hydrogen-bond acceptors (Lipinski definition) is 0. The summed E-state index contributed by atoms with van der Waals surface area (Å²) in [6, 6.07) is 30.9. The number of benzene rings is 4. The molecule has 0 aliphatic heterocycles. The maximum Gasteiger partial charge on any atom is -0.00728 e. The van der Waals surface area contributed by atoms with E-state index >= 15 is 0 Å².